The minimum absolute atomic E-state index is 0.0158. The van der Waals surface area contributed by atoms with Crippen molar-refractivity contribution in [3.05, 3.63) is 59.7 Å². The Labute approximate surface area is 153 Å². The highest BCUT2D eigenvalue weighted by atomic mass is 32.2. The van der Waals surface area contributed by atoms with E-state index in [0.29, 0.717) is 5.69 Å². The molecule has 1 fully saturated rings. The third-order valence-electron chi connectivity index (χ3n) is 4.57. The molecule has 1 heterocycles. The number of sulfonamides is 1. The second kappa shape index (κ2) is 7.47. The third-order valence-corrected chi connectivity index (χ3v) is 6.14. The maximum Gasteiger partial charge on any atom is 0.335 e. The fourth-order valence-corrected chi connectivity index (χ4v) is 4.67. The van der Waals surface area contributed by atoms with Gasteiger partial charge in [0.05, 0.1) is 11.3 Å². The number of nitrogens with zero attached hydrogens (tertiary/aromatic N) is 1. The molecule has 1 aliphatic rings. The molecule has 2 N–H and O–H groups in total. The lowest BCUT2D eigenvalue weighted by atomic mass is 10.1. The van der Waals surface area contributed by atoms with Crippen molar-refractivity contribution < 1.29 is 18.3 Å². The molecule has 6 nitrogen and oxygen atoms in total. The van der Waals surface area contributed by atoms with Crippen LogP contribution in [0.5, 0.6) is 0 Å². The maximum atomic E-state index is 13.0. The molecule has 1 aliphatic heterocycles. The second-order valence-corrected chi connectivity index (χ2v) is 8.12. The van der Waals surface area contributed by atoms with Gasteiger partial charge in [-0.1, -0.05) is 30.3 Å². The Morgan fingerprint density at radius 1 is 1.12 bits per heavy atom. The molecular formula is C19H22N2O4S. The van der Waals surface area contributed by atoms with Gasteiger partial charge in [0.2, 0.25) is 10.0 Å². The lowest BCUT2D eigenvalue weighted by molar-refractivity contribution is 0.0696. The first kappa shape index (κ1) is 18.4. The van der Waals surface area contributed by atoms with Crippen molar-refractivity contribution in [3.8, 4) is 0 Å². The van der Waals surface area contributed by atoms with Crippen LogP contribution < -0.4 is 9.62 Å². The van der Waals surface area contributed by atoms with Crippen LogP contribution in [0.15, 0.2) is 53.4 Å². The van der Waals surface area contributed by atoms with E-state index in [0.717, 1.165) is 31.5 Å². The van der Waals surface area contributed by atoms with Gasteiger partial charge in [0.1, 0.15) is 4.90 Å². The minimum Gasteiger partial charge on any atom is -0.478 e. The number of anilines is 1. The maximum absolute atomic E-state index is 13.0. The van der Waals surface area contributed by atoms with E-state index in [-0.39, 0.29) is 10.5 Å². The Morgan fingerprint density at radius 2 is 1.77 bits per heavy atom. The molecule has 0 radical (unpaired) electrons. The van der Waals surface area contributed by atoms with Crippen LogP contribution in [0, 0.1) is 0 Å². The van der Waals surface area contributed by atoms with E-state index in [1.165, 1.54) is 12.1 Å². The number of aromatic carboxylic acids is 1. The van der Waals surface area contributed by atoms with Gasteiger partial charge >= 0.3 is 5.97 Å². The average molecular weight is 374 g/mol. The molecule has 1 atom stereocenters. The summed E-state index contributed by atoms with van der Waals surface area (Å²) in [6.07, 6.45) is 1.99. The summed E-state index contributed by atoms with van der Waals surface area (Å²) in [6.45, 7) is 3.30. The number of carboxylic acid groups (broad SMARTS) is 1. The number of hydrogen-bond donors (Lipinski definition) is 2. The van der Waals surface area contributed by atoms with Crippen LogP contribution in [0.25, 0.3) is 0 Å². The zero-order valence-corrected chi connectivity index (χ0v) is 15.4. The van der Waals surface area contributed by atoms with Crippen molar-refractivity contribution in [3.63, 3.8) is 0 Å². The lowest BCUT2D eigenvalue weighted by Gasteiger charge is -2.23. The van der Waals surface area contributed by atoms with Crippen LogP contribution in [0.2, 0.25) is 0 Å². The second-order valence-electron chi connectivity index (χ2n) is 6.44. The van der Waals surface area contributed by atoms with Gasteiger partial charge in [-0.25, -0.2) is 17.9 Å². The molecule has 7 heteroatoms. The molecule has 0 saturated carbocycles. The monoisotopic (exact) mass is 374 g/mol. The number of benzene rings is 2. The van der Waals surface area contributed by atoms with E-state index in [1.807, 2.05) is 35.2 Å². The van der Waals surface area contributed by atoms with Gasteiger partial charge < -0.3 is 10.0 Å². The summed E-state index contributed by atoms with van der Waals surface area (Å²) in [5, 5.41) is 9.26. The quantitative estimate of drug-likeness (QED) is 0.812. The first-order valence-corrected chi connectivity index (χ1v) is 10.1. The van der Waals surface area contributed by atoms with E-state index in [9.17, 15) is 18.3 Å². The molecule has 0 aromatic heterocycles. The van der Waals surface area contributed by atoms with Crippen molar-refractivity contribution in [2.24, 2.45) is 0 Å². The average Bonchev–Trinajstić information content (AvgIpc) is 3.16. The summed E-state index contributed by atoms with van der Waals surface area (Å²) in [5.74, 6) is -1.15. The Kier molecular flexibility index (Phi) is 5.29. The summed E-state index contributed by atoms with van der Waals surface area (Å²) < 4.78 is 28.7. The van der Waals surface area contributed by atoms with Crippen LogP contribution in [-0.2, 0) is 10.0 Å². The molecule has 3 rings (SSSR count). The summed E-state index contributed by atoms with van der Waals surface area (Å²) in [5.41, 5.74) is 1.36. The first-order valence-electron chi connectivity index (χ1n) is 8.58. The fraction of sp³-hybridized carbons (Fsp3) is 0.316. The lowest BCUT2D eigenvalue weighted by Crippen LogP contribution is -2.29. The van der Waals surface area contributed by atoms with Gasteiger partial charge in [-0.2, -0.15) is 0 Å². The summed E-state index contributed by atoms with van der Waals surface area (Å²) in [7, 11) is -3.89. The van der Waals surface area contributed by atoms with Gasteiger partial charge in [-0.15, -0.1) is 0 Å². The van der Waals surface area contributed by atoms with Crippen LogP contribution in [0.4, 0.5) is 5.69 Å². The highest BCUT2D eigenvalue weighted by molar-refractivity contribution is 7.89. The fourth-order valence-electron chi connectivity index (χ4n) is 3.19. The molecule has 0 aliphatic carbocycles. The van der Waals surface area contributed by atoms with Gasteiger partial charge in [0.25, 0.3) is 0 Å². The standard InChI is InChI=1S/C19H22N2O4S/c1-14(15-7-3-2-4-8-15)20-26(24,25)18-13-16(19(22)23)9-10-17(18)21-11-5-6-12-21/h2-4,7-10,13-14,20H,5-6,11-12H2,1H3,(H,22,23). The summed E-state index contributed by atoms with van der Waals surface area (Å²) >= 11 is 0. The summed E-state index contributed by atoms with van der Waals surface area (Å²) in [6, 6.07) is 13.1. The number of carbonyl (C=O) groups is 1. The third kappa shape index (κ3) is 3.89. The van der Waals surface area contributed by atoms with Crippen molar-refractivity contribution in [1.82, 2.24) is 4.72 Å². The summed E-state index contributed by atoms with van der Waals surface area (Å²) in [4.78, 5) is 13.3. The predicted molar refractivity (Wildman–Crippen MR) is 100 cm³/mol. The SMILES string of the molecule is CC(NS(=O)(=O)c1cc(C(=O)O)ccc1N1CCCC1)c1ccccc1. The molecule has 138 valence electrons. The number of rotatable bonds is 6. The van der Waals surface area contributed by atoms with Crippen LogP contribution in [-0.4, -0.2) is 32.6 Å². The highest BCUT2D eigenvalue weighted by Crippen LogP contribution is 2.30. The number of carboxylic acids is 1. The zero-order chi connectivity index (χ0) is 18.7. The van der Waals surface area contributed by atoms with Gasteiger partial charge in [0.15, 0.2) is 0 Å². The highest BCUT2D eigenvalue weighted by Gasteiger charge is 2.26. The van der Waals surface area contributed by atoms with E-state index >= 15 is 0 Å². The predicted octanol–water partition coefficient (Wildman–Crippen LogP) is 3.02. The molecule has 2 aromatic carbocycles. The largest absolute Gasteiger partial charge is 0.478 e. The van der Waals surface area contributed by atoms with Crippen LogP contribution >= 0.6 is 0 Å². The Morgan fingerprint density at radius 3 is 2.38 bits per heavy atom. The number of nitrogens with one attached hydrogen (secondary N) is 1. The van der Waals surface area contributed by atoms with Gasteiger partial charge in [-0.3, -0.25) is 0 Å². The minimum atomic E-state index is -3.89. The van der Waals surface area contributed by atoms with Crippen molar-refractivity contribution in [1.29, 1.82) is 0 Å². The normalized spacial score (nSPS) is 15.8. The van der Waals surface area contributed by atoms with Crippen LogP contribution in [0.1, 0.15) is 41.7 Å². The molecule has 0 bridgehead atoms. The zero-order valence-electron chi connectivity index (χ0n) is 14.6. The smallest absolute Gasteiger partial charge is 0.335 e. The molecule has 0 amide bonds. The Balaban J connectivity index is 1.99. The van der Waals surface area contributed by atoms with E-state index < -0.39 is 22.0 Å². The first-order chi connectivity index (χ1) is 12.4. The van der Waals surface area contributed by atoms with Gasteiger partial charge in [0, 0.05) is 19.1 Å². The van der Waals surface area contributed by atoms with Crippen molar-refractivity contribution in [2.75, 3.05) is 18.0 Å². The number of hydrogen-bond acceptors (Lipinski definition) is 4. The van der Waals surface area contributed by atoms with E-state index in [1.54, 1.807) is 13.0 Å². The molecule has 1 unspecified atom stereocenters. The van der Waals surface area contributed by atoms with Crippen molar-refractivity contribution in [2.45, 2.75) is 30.7 Å². The van der Waals surface area contributed by atoms with E-state index in [2.05, 4.69) is 4.72 Å². The molecule has 2 aromatic rings. The molecule has 26 heavy (non-hydrogen) atoms. The Hall–Kier alpha value is -2.38. The van der Waals surface area contributed by atoms with E-state index in [4.69, 9.17) is 0 Å². The van der Waals surface area contributed by atoms with Gasteiger partial charge in [-0.05, 0) is 43.5 Å². The topological polar surface area (TPSA) is 86.7 Å². The van der Waals surface area contributed by atoms with Crippen molar-refractivity contribution >= 4 is 21.7 Å². The van der Waals surface area contributed by atoms with Crippen LogP contribution in [0.3, 0.4) is 0 Å². The Bertz CT molecular complexity index is 891. The molecular weight excluding hydrogens is 352 g/mol. The molecule has 0 spiro atoms. The molecule has 1 saturated heterocycles.